The Kier molecular flexibility index (Phi) is 5.66. The highest BCUT2D eigenvalue weighted by Gasteiger charge is 2.27. The molecule has 122 valence electrons. The van der Waals surface area contributed by atoms with Crippen LogP contribution in [0.25, 0.3) is 0 Å². The van der Waals surface area contributed by atoms with Gasteiger partial charge in [-0.2, -0.15) is 0 Å². The van der Waals surface area contributed by atoms with Crippen molar-refractivity contribution in [2.75, 3.05) is 20.7 Å². The highest BCUT2D eigenvalue weighted by atomic mass is 16.5. The van der Waals surface area contributed by atoms with E-state index >= 15 is 0 Å². The molecule has 0 aromatic heterocycles. The molecule has 3 atom stereocenters. The van der Waals surface area contributed by atoms with Crippen LogP contribution in [0.15, 0.2) is 24.3 Å². The number of ether oxygens (including phenoxy) is 1. The molecule has 5 heteroatoms. The van der Waals surface area contributed by atoms with Crippen molar-refractivity contribution in [3.05, 3.63) is 29.8 Å². The molecule has 1 fully saturated rings. The third-order valence-electron chi connectivity index (χ3n) is 4.42. The van der Waals surface area contributed by atoms with Crippen LogP contribution in [0.2, 0.25) is 0 Å². The Morgan fingerprint density at radius 2 is 2.18 bits per heavy atom. The molecule has 2 amide bonds. The Bertz CT molecular complexity index is 506. The van der Waals surface area contributed by atoms with Gasteiger partial charge < -0.3 is 20.1 Å². The zero-order chi connectivity index (χ0) is 16.1. The molecule has 0 bridgehead atoms. The van der Waals surface area contributed by atoms with Crippen molar-refractivity contribution in [2.24, 2.45) is 5.92 Å². The number of amides is 2. The summed E-state index contributed by atoms with van der Waals surface area (Å²) in [5.41, 5.74) is 0.952. The van der Waals surface area contributed by atoms with Gasteiger partial charge in [0.2, 0.25) is 0 Å². The van der Waals surface area contributed by atoms with Crippen LogP contribution in [0.1, 0.15) is 37.8 Å². The topological polar surface area (TPSA) is 61.8 Å². The average Bonchev–Trinajstić information content (AvgIpc) is 2.92. The number of rotatable bonds is 5. The third-order valence-corrected chi connectivity index (χ3v) is 4.42. The van der Waals surface area contributed by atoms with Gasteiger partial charge in [-0.3, -0.25) is 0 Å². The minimum Gasteiger partial charge on any atom is -0.496 e. The fourth-order valence-electron chi connectivity index (χ4n) is 3.06. The minimum atomic E-state index is -0.276. The molecule has 1 aromatic rings. The maximum Gasteiger partial charge on any atom is 0.317 e. The predicted molar refractivity (Wildman–Crippen MR) is 85.9 cm³/mol. The van der Waals surface area contributed by atoms with Crippen LogP contribution in [0.3, 0.4) is 0 Å². The first-order chi connectivity index (χ1) is 10.5. The highest BCUT2D eigenvalue weighted by molar-refractivity contribution is 5.74. The molecular formula is C17H26N2O3. The molecule has 2 rings (SSSR count). The van der Waals surface area contributed by atoms with Crippen LogP contribution in [-0.4, -0.2) is 42.8 Å². The van der Waals surface area contributed by atoms with Gasteiger partial charge in [-0.1, -0.05) is 24.6 Å². The van der Waals surface area contributed by atoms with E-state index in [0.717, 1.165) is 30.6 Å². The summed E-state index contributed by atoms with van der Waals surface area (Å²) in [5.74, 6) is 0.960. The molecule has 0 unspecified atom stereocenters. The number of aliphatic hydroxyl groups is 1. The van der Waals surface area contributed by atoms with Crippen molar-refractivity contribution in [3.63, 3.8) is 0 Å². The molecule has 0 radical (unpaired) electrons. The second-order valence-corrected chi connectivity index (χ2v) is 6.05. The lowest BCUT2D eigenvalue weighted by molar-refractivity contribution is 0.113. The van der Waals surface area contributed by atoms with E-state index in [1.54, 1.807) is 19.1 Å². The van der Waals surface area contributed by atoms with Crippen LogP contribution in [0.4, 0.5) is 4.79 Å². The average molecular weight is 306 g/mol. The summed E-state index contributed by atoms with van der Waals surface area (Å²) >= 11 is 0. The largest absolute Gasteiger partial charge is 0.496 e. The van der Waals surface area contributed by atoms with Crippen molar-refractivity contribution in [1.82, 2.24) is 10.2 Å². The first kappa shape index (κ1) is 16.6. The van der Waals surface area contributed by atoms with Crippen LogP contribution in [0, 0.1) is 5.92 Å². The van der Waals surface area contributed by atoms with E-state index in [1.807, 2.05) is 31.2 Å². The fraction of sp³-hybridized carbons (Fsp3) is 0.588. The lowest BCUT2D eigenvalue weighted by Crippen LogP contribution is -2.42. The molecule has 1 aliphatic carbocycles. The van der Waals surface area contributed by atoms with E-state index in [2.05, 4.69) is 5.32 Å². The maximum absolute atomic E-state index is 12.3. The number of benzene rings is 1. The van der Waals surface area contributed by atoms with Gasteiger partial charge in [0, 0.05) is 25.1 Å². The lowest BCUT2D eigenvalue weighted by Gasteiger charge is -2.26. The molecule has 0 spiro atoms. The van der Waals surface area contributed by atoms with Crippen LogP contribution >= 0.6 is 0 Å². The molecule has 1 aromatic carbocycles. The van der Waals surface area contributed by atoms with Crippen molar-refractivity contribution in [3.8, 4) is 5.75 Å². The summed E-state index contributed by atoms with van der Waals surface area (Å²) in [7, 11) is 3.40. The van der Waals surface area contributed by atoms with Crippen molar-refractivity contribution in [1.29, 1.82) is 0 Å². The molecule has 1 saturated carbocycles. The number of carbonyl (C=O) groups excluding carboxylic acids is 1. The molecule has 1 aliphatic rings. The Hall–Kier alpha value is -1.75. The zero-order valence-electron chi connectivity index (χ0n) is 13.6. The molecule has 0 saturated heterocycles. The Morgan fingerprint density at radius 3 is 2.82 bits per heavy atom. The first-order valence-electron chi connectivity index (χ1n) is 7.85. The van der Waals surface area contributed by atoms with Crippen molar-refractivity contribution in [2.45, 2.75) is 38.3 Å². The number of methoxy groups -OCH3 is 1. The van der Waals surface area contributed by atoms with E-state index in [0.29, 0.717) is 6.54 Å². The second kappa shape index (κ2) is 7.49. The summed E-state index contributed by atoms with van der Waals surface area (Å²) in [4.78, 5) is 14.0. The lowest BCUT2D eigenvalue weighted by atomic mass is 10.1. The summed E-state index contributed by atoms with van der Waals surface area (Å²) in [6.45, 7) is 2.53. The quantitative estimate of drug-likeness (QED) is 0.879. The van der Waals surface area contributed by atoms with Gasteiger partial charge in [0.15, 0.2) is 0 Å². The fourth-order valence-corrected chi connectivity index (χ4v) is 3.06. The summed E-state index contributed by atoms with van der Waals surface area (Å²) in [6, 6.07) is 7.40. The molecule has 22 heavy (non-hydrogen) atoms. The molecule has 2 N–H and O–H groups in total. The van der Waals surface area contributed by atoms with Crippen LogP contribution < -0.4 is 10.1 Å². The van der Waals surface area contributed by atoms with Gasteiger partial charge in [-0.25, -0.2) is 4.79 Å². The van der Waals surface area contributed by atoms with E-state index in [1.165, 1.54) is 0 Å². The summed E-state index contributed by atoms with van der Waals surface area (Å²) < 4.78 is 5.33. The molecule has 0 heterocycles. The van der Waals surface area contributed by atoms with Gasteiger partial charge in [-0.05, 0) is 25.8 Å². The number of urea groups is 1. The van der Waals surface area contributed by atoms with E-state index in [4.69, 9.17) is 4.74 Å². The van der Waals surface area contributed by atoms with Gasteiger partial charge in [0.25, 0.3) is 0 Å². The number of aliphatic hydroxyl groups excluding tert-OH is 1. The van der Waals surface area contributed by atoms with Crippen LogP contribution in [-0.2, 0) is 0 Å². The second-order valence-electron chi connectivity index (χ2n) is 6.05. The van der Waals surface area contributed by atoms with E-state index in [-0.39, 0.29) is 24.1 Å². The molecular weight excluding hydrogens is 280 g/mol. The first-order valence-corrected chi connectivity index (χ1v) is 7.85. The number of hydrogen-bond acceptors (Lipinski definition) is 3. The minimum absolute atomic E-state index is 0.127. The third kappa shape index (κ3) is 3.91. The van der Waals surface area contributed by atoms with Gasteiger partial charge in [0.05, 0.1) is 19.3 Å². The summed E-state index contributed by atoms with van der Waals surface area (Å²) in [6.07, 6.45) is 2.60. The standard InChI is InChI=1S/C17H26N2O3/c1-12(14-8-4-5-10-16(14)22-3)18-17(21)19(2)11-13-7-6-9-15(13)20/h4-5,8,10,12-13,15,20H,6-7,9,11H2,1-3H3,(H,18,21)/t12-,13+,15-/m0/s1. The van der Waals surface area contributed by atoms with Gasteiger partial charge in [0.1, 0.15) is 5.75 Å². The maximum atomic E-state index is 12.3. The Balaban J connectivity index is 1.92. The smallest absolute Gasteiger partial charge is 0.317 e. The van der Waals surface area contributed by atoms with Crippen molar-refractivity contribution < 1.29 is 14.6 Å². The Morgan fingerprint density at radius 1 is 1.45 bits per heavy atom. The number of nitrogens with one attached hydrogen (secondary N) is 1. The number of nitrogens with zero attached hydrogens (tertiary/aromatic N) is 1. The van der Waals surface area contributed by atoms with E-state index in [9.17, 15) is 9.90 Å². The van der Waals surface area contributed by atoms with Gasteiger partial charge in [-0.15, -0.1) is 0 Å². The number of carbonyl (C=O) groups is 1. The predicted octanol–water partition coefficient (Wildman–Crippen LogP) is 2.56. The normalized spacial score (nSPS) is 22.2. The Labute approximate surface area is 132 Å². The zero-order valence-corrected chi connectivity index (χ0v) is 13.6. The number of para-hydroxylation sites is 1. The molecule has 5 nitrogen and oxygen atoms in total. The number of hydrogen-bond donors (Lipinski definition) is 2. The summed E-state index contributed by atoms with van der Waals surface area (Å²) in [5, 5.41) is 12.9. The van der Waals surface area contributed by atoms with Crippen molar-refractivity contribution >= 4 is 6.03 Å². The van der Waals surface area contributed by atoms with Crippen LogP contribution in [0.5, 0.6) is 5.75 Å². The highest BCUT2D eigenvalue weighted by Crippen LogP contribution is 2.27. The monoisotopic (exact) mass is 306 g/mol. The van der Waals surface area contributed by atoms with E-state index < -0.39 is 0 Å². The SMILES string of the molecule is COc1ccccc1[C@H](C)NC(=O)N(C)C[C@H]1CCC[C@@H]1O. The van der Waals surface area contributed by atoms with Gasteiger partial charge >= 0.3 is 6.03 Å². The molecule has 0 aliphatic heterocycles.